The van der Waals surface area contributed by atoms with Gasteiger partial charge >= 0.3 is 0 Å². The zero-order valence-electron chi connectivity index (χ0n) is 12.6. The number of aryl methyl sites for hydroxylation is 3. The molecule has 0 aliphatic heterocycles. The summed E-state index contributed by atoms with van der Waals surface area (Å²) in [7, 11) is 0. The van der Waals surface area contributed by atoms with Gasteiger partial charge in [0.25, 0.3) is 11.2 Å². The van der Waals surface area contributed by atoms with Gasteiger partial charge in [0, 0.05) is 18.2 Å². The smallest absolute Gasteiger partial charge is 0.286 e. The van der Waals surface area contributed by atoms with Crippen LogP contribution in [0.4, 0.5) is 5.69 Å². The molecule has 1 heterocycles. The number of hydrogen-bond acceptors (Lipinski definition) is 4. The van der Waals surface area contributed by atoms with Gasteiger partial charge in [0.05, 0.1) is 17.7 Å². The normalized spacial score (nSPS) is 10.5. The minimum absolute atomic E-state index is 0.0725. The molecule has 22 heavy (non-hydrogen) atoms. The van der Waals surface area contributed by atoms with Gasteiger partial charge in [-0.2, -0.15) is 0 Å². The Balaban J connectivity index is 1.97. The van der Waals surface area contributed by atoms with Crippen LogP contribution in [0.15, 0.2) is 41.3 Å². The summed E-state index contributed by atoms with van der Waals surface area (Å²) in [5.41, 5.74) is 1.20. The lowest BCUT2D eigenvalue weighted by molar-refractivity contribution is -0.385. The Morgan fingerprint density at radius 2 is 2.05 bits per heavy atom. The highest BCUT2D eigenvalue weighted by Gasteiger charge is 2.11. The molecule has 0 aliphatic rings. The first-order valence-electron chi connectivity index (χ1n) is 7.02. The molecule has 0 unspecified atom stereocenters. The average Bonchev–Trinajstić information content (AvgIpc) is 2.47. The highest BCUT2D eigenvalue weighted by molar-refractivity contribution is 5.30. The lowest BCUT2D eigenvalue weighted by atomic mass is 10.2. The quantitative estimate of drug-likeness (QED) is 0.467. The molecular weight excluding hydrogens is 284 g/mol. The summed E-state index contributed by atoms with van der Waals surface area (Å²) in [6.07, 6.45) is 1.87. The number of benzene rings is 1. The van der Waals surface area contributed by atoms with Crippen LogP contribution in [0.3, 0.4) is 0 Å². The van der Waals surface area contributed by atoms with E-state index in [1.165, 1.54) is 16.8 Å². The highest BCUT2D eigenvalue weighted by Crippen LogP contribution is 2.13. The van der Waals surface area contributed by atoms with Gasteiger partial charge in [0.1, 0.15) is 5.75 Å². The van der Waals surface area contributed by atoms with Crippen LogP contribution in [0.2, 0.25) is 0 Å². The third-order valence-corrected chi connectivity index (χ3v) is 3.26. The molecule has 0 bridgehead atoms. The minimum atomic E-state index is -0.494. The second-order valence-electron chi connectivity index (χ2n) is 5.16. The molecule has 2 aromatic rings. The Morgan fingerprint density at radius 1 is 1.27 bits per heavy atom. The standard InChI is InChI=1S/C16H18N2O4/c1-12-5-3-6-15(9-12)22-8-4-7-17-11-14(18(20)21)10-13(2)16(17)19/h3,5-6,9-11H,4,7-8H2,1-2H3. The van der Waals surface area contributed by atoms with Crippen LogP contribution in [-0.2, 0) is 6.54 Å². The average molecular weight is 302 g/mol. The van der Waals surface area contributed by atoms with Crippen molar-refractivity contribution < 1.29 is 9.66 Å². The van der Waals surface area contributed by atoms with Crippen molar-refractivity contribution in [2.24, 2.45) is 0 Å². The number of pyridine rings is 1. The summed E-state index contributed by atoms with van der Waals surface area (Å²) in [6.45, 7) is 4.39. The fourth-order valence-electron chi connectivity index (χ4n) is 2.16. The molecule has 0 radical (unpaired) electrons. The molecule has 0 atom stereocenters. The zero-order chi connectivity index (χ0) is 16.1. The Labute approximate surface area is 128 Å². The van der Waals surface area contributed by atoms with E-state index in [0.29, 0.717) is 25.1 Å². The molecule has 0 amide bonds. The van der Waals surface area contributed by atoms with E-state index < -0.39 is 4.92 Å². The first-order chi connectivity index (χ1) is 10.5. The lowest BCUT2D eigenvalue weighted by Gasteiger charge is -2.09. The van der Waals surface area contributed by atoms with Crippen molar-refractivity contribution in [3.63, 3.8) is 0 Å². The van der Waals surface area contributed by atoms with Gasteiger partial charge in [-0.25, -0.2) is 0 Å². The lowest BCUT2D eigenvalue weighted by Crippen LogP contribution is -2.23. The molecule has 0 fully saturated rings. The van der Waals surface area contributed by atoms with Crippen molar-refractivity contribution >= 4 is 5.69 Å². The van der Waals surface area contributed by atoms with Gasteiger partial charge in [-0.3, -0.25) is 14.9 Å². The molecule has 0 spiro atoms. The maximum Gasteiger partial charge on any atom is 0.286 e. The van der Waals surface area contributed by atoms with E-state index in [-0.39, 0.29) is 11.2 Å². The van der Waals surface area contributed by atoms with Crippen molar-refractivity contribution in [1.82, 2.24) is 4.57 Å². The van der Waals surface area contributed by atoms with Crippen LogP contribution in [0.1, 0.15) is 17.5 Å². The monoisotopic (exact) mass is 302 g/mol. The summed E-state index contributed by atoms with van der Waals surface area (Å²) in [5.74, 6) is 0.780. The predicted molar refractivity (Wildman–Crippen MR) is 83.4 cm³/mol. The molecule has 2 rings (SSSR count). The predicted octanol–water partition coefficient (Wildman–Crippen LogP) is 2.84. The van der Waals surface area contributed by atoms with Gasteiger partial charge in [0.15, 0.2) is 0 Å². The SMILES string of the molecule is Cc1cccc(OCCCn2cc([N+](=O)[O-])cc(C)c2=O)c1. The number of ether oxygens (including phenoxy) is 1. The van der Waals surface area contributed by atoms with E-state index in [1.54, 1.807) is 6.92 Å². The second-order valence-corrected chi connectivity index (χ2v) is 5.16. The molecule has 6 heteroatoms. The van der Waals surface area contributed by atoms with Crippen molar-refractivity contribution in [2.45, 2.75) is 26.8 Å². The first-order valence-corrected chi connectivity index (χ1v) is 7.02. The third-order valence-electron chi connectivity index (χ3n) is 3.26. The fraction of sp³-hybridized carbons (Fsp3) is 0.312. The van der Waals surface area contributed by atoms with Crippen molar-refractivity contribution in [1.29, 1.82) is 0 Å². The van der Waals surface area contributed by atoms with E-state index in [9.17, 15) is 14.9 Å². The first kappa shape index (κ1) is 15.8. The van der Waals surface area contributed by atoms with Gasteiger partial charge in [-0.15, -0.1) is 0 Å². The molecule has 0 saturated carbocycles. The van der Waals surface area contributed by atoms with E-state index in [1.807, 2.05) is 31.2 Å². The van der Waals surface area contributed by atoms with Crippen molar-refractivity contribution in [2.75, 3.05) is 6.61 Å². The summed E-state index contributed by atoms with van der Waals surface area (Å²) in [6, 6.07) is 9.00. The number of rotatable bonds is 6. The van der Waals surface area contributed by atoms with E-state index >= 15 is 0 Å². The third kappa shape index (κ3) is 3.94. The number of nitrogens with zero attached hydrogens (tertiary/aromatic N) is 2. The highest BCUT2D eigenvalue weighted by atomic mass is 16.6. The molecule has 0 aliphatic carbocycles. The summed E-state index contributed by atoms with van der Waals surface area (Å²) >= 11 is 0. The van der Waals surface area contributed by atoms with Crippen LogP contribution in [0, 0.1) is 24.0 Å². The Kier molecular flexibility index (Phi) is 4.93. The van der Waals surface area contributed by atoms with Crippen LogP contribution in [0.5, 0.6) is 5.75 Å². The summed E-state index contributed by atoms with van der Waals surface area (Å²) < 4.78 is 6.98. The molecule has 6 nitrogen and oxygen atoms in total. The Bertz CT molecular complexity index is 737. The zero-order valence-corrected chi connectivity index (χ0v) is 12.6. The summed E-state index contributed by atoms with van der Waals surface area (Å²) in [4.78, 5) is 22.3. The molecule has 0 saturated heterocycles. The fourth-order valence-corrected chi connectivity index (χ4v) is 2.16. The molecule has 1 aromatic heterocycles. The van der Waals surface area contributed by atoms with Gasteiger partial charge in [-0.05, 0) is 38.0 Å². The molecule has 116 valence electrons. The second kappa shape index (κ2) is 6.89. The molecular formula is C16H18N2O4. The van der Waals surface area contributed by atoms with Crippen LogP contribution in [-0.4, -0.2) is 16.1 Å². The summed E-state index contributed by atoms with van der Waals surface area (Å²) in [5, 5.41) is 10.8. The van der Waals surface area contributed by atoms with Crippen LogP contribution in [0.25, 0.3) is 0 Å². The number of aromatic nitrogens is 1. The van der Waals surface area contributed by atoms with E-state index in [4.69, 9.17) is 4.74 Å². The Morgan fingerprint density at radius 3 is 2.73 bits per heavy atom. The minimum Gasteiger partial charge on any atom is -0.494 e. The van der Waals surface area contributed by atoms with Gasteiger partial charge < -0.3 is 9.30 Å². The number of hydrogen-bond donors (Lipinski definition) is 0. The largest absolute Gasteiger partial charge is 0.494 e. The maximum atomic E-state index is 12.0. The van der Waals surface area contributed by atoms with E-state index in [0.717, 1.165) is 11.3 Å². The maximum absolute atomic E-state index is 12.0. The Hall–Kier alpha value is -2.63. The molecule has 0 N–H and O–H groups in total. The number of nitro groups is 1. The van der Waals surface area contributed by atoms with E-state index in [2.05, 4.69) is 0 Å². The topological polar surface area (TPSA) is 74.4 Å². The van der Waals surface area contributed by atoms with Gasteiger partial charge in [-0.1, -0.05) is 12.1 Å². The van der Waals surface area contributed by atoms with Crippen molar-refractivity contribution in [3.05, 3.63) is 68.1 Å². The van der Waals surface area contributed by atoms with Crippen molar-refractivity contribution in [3.8, 4) is 5.75 Å². The molecule has 1 aromatic carbocycles. The van der Waals surface area contributed by atoms with Gasteiger partial charge in [0.2, 0.25) is 0 Å². The van der Waals surface area contributed by atoms with Crippen LogP contribution >= 0.6 is 0 Å². The van der Waals surface area contributed by atoms with Crippen LogP contribution < -0.4 is 10.3 Å².